The molecule has 0 aromatic heterocycles. The van der Waals surface area contributed by atoms with Crippen LogP contribution in [0.4, 0.5) is 0 Å². The molecule has 28 heavy (non-hydrogen) atoms. The fourth-order valence-electron chi connectivity index (χ4n) is 4.33. The molecule has 4 rings (SSSR count). The molecule has 4 heteroatoms. The van der Waals surface area contributed by atoms with E-state index in [9.17, 15) is 0 Å². The van der Waals surface area contributed by atoms with Gasteiger partial charge in [-0.05, 0) is 42.2 Å². The zero-order chi connectivity index (χ0) is 19.6. The lowest BCUT2D eigenvalue weighted by atomic mass is 9.75. The van der Waals surface area contributed by atoms with E-state index in [0.29, 0.717) is 10.0 Å². The molecule has 2 aliphatic heterocycles. The van der Waals surface area contributed by atoms with Crippen LogP contribution >= 0.6 is 23.2 Å². The lowest BCUT2D eigenvalue weighted by molar-refractivity contribution is 0.139. The smallest absolute Gasteiger partial charge is 0.0649 e. The van der Waals surface area contributed by atoms with Crippen molar-refractivity contribution in [1.29, 1.82) is 0 Å². The summed E-state index contributed by atoms with van der Waals surface area (Å²) in [5.74, 6) is 6.45. The molecule has 1 spiro atoms. The van der Waals surface area contributed by atoms with E-state index in [-0.39, 0.29) is 5.54 Å². The van der Waals surface area contributed by atoms with Gasteiger partial charge in [-0.3, -0.25) is 0 Å². The summed E-state index contributed by atoms with van der Waals surface area (Å²) in [6.45, 7) is 7.36. The van der Waals surface area contributed by atoms with Crippen LogP contribution in [0.15, 0.2) is 54.7 Å². The number of fused-ring (bicyclic) bond motifs is 2. The summed E-state index contributed by atoms with van der Waals surface area (Å²) in [6.07, 6.45) is 3.99. The number of rotatable bonds is 2. The quantitative estimate of drug-likeness (QED) is 0.667. The molecule has 1 fully saturated rings. The van der Waals surface area contributed by atoms with Gasteiger partial charge in [0.25, 0.3) is 0 Å². The first-order chi connectivity index (χ1) is 13.6. The maximum absolute atomic E-state index is 6.05. The summed E-state index contributed by atoms with van der Waals surface area (Å²) >= 11 is 12.0. The number of nitrogens with zero attached hydrogens (tertiary/aromatic N) is 1. The highest BCUT2D eigenvalue weighted by atomic mass is 35.5. The number of hydrogen-bond acceptors (Lipinski definition) is 2. The predicted octanol–water partition coefficient (Wildman–Crippen LogP) is 5.39. The summed E-state index contributed by atoms with van der Waals surface area (Å²) in [4.78, 5) is 2.51. The van der Waals surface area contributed by atoms with Gasteiger partial charge in [-0.1, -0.05) is 65.9 Å². The van der Waals surface area contributed by atoms with E-state index >= 15 is 0 Å². The average molecular weight is 411 g/mol. The molecular weight excluding hydrogens is 387 g/mol. The molecule has 0 unspecified atom stereocenters. The second-order valence-corrected chi connectivity index (χ2v) is 8.48. The largest absolute Gasteiger partial charge is 0.379 e. The van der Waals surface area contributed by atoms with Gasteiger partial charge in [0.1, 0.15) is 0 Å². The van der Waals surface area contributed by atoms with Gasteiger partial charge in [0.2, 0.25) is 0 Å². The minimum Gasteiger partial charge on any atom is -0.379 e. The van der Waals surface area contributed by atoms with Crippen molar-refractivity contribution in [1.82, 2.24) is 10.2 Å². The fraction of sp³-hybridized carbons (Fsp3) is 0.333. The first kappa shape index (κ1) is 19.4. The number of hydrogen-bond donors (Lipinski definition) is 1. The van der Waals surface area contributed by atoms with Crippen molar-refractivity contribution < 1.29 is 0 Å². The lowest BCUT2D eigenvalue weighted by Crippen LogP contribution is -2.53. The zero-order valence-corrected chi connectivity index (χ0v) is 17.4. The summed E-state index contributed by atoms with van der Waals surface area (Å²) in [6, 6.07) is 14.3. The van der Waals surface area contributed by atoms with Gasteiger partial charge < -0.3 is 10.2 Å². The molecule has 0 amide bonds. The fourth-order valence-corrected chi connectivity index (χ4v) is 4.62. The van der Waals surface area contributed by atoms with Crippen molar-refractivity contribution in [3.63, 3.8) is 0 Å². The Balaban J connectivity index is 1.35. The molecule has 2 aromatic carbocycles. The van der Waals surface area contributed by atoms with Crippen LogP contribution in [0.25, 0.3) is 0 Å². The van der Waals surface area contributed by atoms with Gasteiger partial charge in [-0.15, -0.1) is 0 Å². The monoisotopic (exact) mass is 410 g/mol. The van der Waals surface area contributed by atoms with E-state index in [1.54, 1.807) is 6.07 Å². The second-order valence-electron chi connectivity index (χ2n) is 7.67. The van der Waals surface area contributed by atoms with Gasteiger partial charge in [0.05, 0.1) is 15.6 Å². The van der Waals surface area contributed by atoms with Crippen LogP contribution in [-0.4, -0.2) is 24.5 Å². The summed E-state index contributed by atoms with van der Waals surface area (Å²) in [5, 5.41) is 4.85. The van der Waals surface area contributed by atoms with Crippen LogP contribution in [0.3, 0.4) is 0 Å². The van der Waals surface area contributed by atoms with Crippen LogP contribution in [-0.2, 0) is 12.0 Å². The minimum atomic E-state index is 0.0498. The Morgan fingerprint density at radius 2 is 1.86 bits per heavy atom. The number of allylic oxidation sites excluding steroid dienone is 1. The Kier molecular flexibility index (Phi) is 5.69. The third-order valence-corrected chi connectivity index (χ3v) is 6.51. The van der Waals surface area contributed by atoms with Gasteiger partial charge in [0, 0.05) is 43.7 Å². The molecule has 2 aliphatic rings. The Hall–Kier alpha value is -1.92. The summed E-state index contributed by atoms with van der Waals surface area (Å²) in [7, 11) is 0. The van der Waals surface area contributed by atoms with Crippen LogP contribution in [0.2, 0.25) is 10.0 Å². The van der Waals surface area contributed by atoms with Crippen molar-refractivity contribution in [2.45, 2.75) is 31.2 Å². The first-order valence-corrected chi connectivity index (χ1v) is 10.5. The third-order valence-electron chi connectivity index (χ3n) is 5.77. The maximum Gasteiger partial charge on any atom is 0.0649 e. The number of likely N-dealkylation sites (tertiary alicyclic amines) is 1. The molecule has 0 atom stereocenters. The van der Waals surface area contributed by atoms with E-state index in [2.05, 4.69) is 52.9 Å². The molecule has 2 nitrogen and oxygen atoms in total. The summed E-state index contributed by atoms with van der Waals surface area (Å²) < 4.78 is 0. The highest BCUT2D eigenvalue weighted by Crippen LogP contribution is 2.39. The maximum atomic E-state index is 6.05. The van der Waals surface area contributed by atoms with E-state index in [0.717, 1.165) is 56.6 Å². The Morgan fingerprint density at radius 3 is 2.64 bits per heavy atom. The Bertz CT molecular complexity index is 947. The SMILES string of the molecule is C=C1Cc2ccccc2C2(CCN(CCC#Cc3ccc(Cl)c(Cl)c3)CC2)N1. The molecule has 0 radical (unpaired) electrons. The van der Waals surface area contributed by atoms with Crippen molar-refractivity contribution in [3.8, 4) is 11.8 Å². The molecule has 1 N–H and O–H groups in total. The van der Waals surface area contributed by atoms with Crippen molar-refractivity contribution >= 4 is 23.2 Å². The molecule has 0 bridgehead atoms. The Labute approximate surface area is 177 Å². The van der Waals surface area contributed by atoms with Crippen LogP contribution in [0.5, 0.6) is 0 Å². The second kappa shape index (κ2) is 8.21. The molecular formula is C24H24Cl2N2. The van der Waals surface area contributed by atoms with E-state index in [1.165, 1.54) is 11.1 Å². The topological polar surface area (TPSA) is 15.3 Å². The van der Waals surface area contributed by atoms with Crippen LogP contribution < -0.4 is 5.32 Å². The minimum absolute atomic E-state index is 0.0498. The zero-order valence-electron chi connectivity index (χ0n) is 15.9. The molecule has 1 saturated heterocycles. The molecule has 144 valence electrons. The average Bonchev–Trinajstić information content (AvgIpc) is 2.69. The van der Waals surface area contributed by atoms with Gasteiger partial charge in [0.15, 0.2) is 0 Å². The van der Waals surface area contributed by atoms with Crippen LogP contribution in [0, 0.1) is 11.8 Å². The first-order valence-electron chi connectivity index (χ1n) is 9.76. The van der Waals surface area contributed by atoms with Crippen molar-refractivity contribution in [3.05, 3.63) is 81.5 Å². The molecule has 0 aliphatic carbocycles. The van der Waals surface area contributed by atoms with E-state index < -0.39 is 0 Å². The molecule has 2 heterocycles. The van der Waals surface area contributed by atoms with Gasteiger partial charge >= 0.3 is 0 Å². The van der Waals surface area contributed by atoms with Gasteiger partial charge in [-0.25, -0.2) is 0 Å². The number of piperidine rings is 1. The van der Waals surface area contributed by atoms with Crippen molar-refractivity contribution in [2.75, 3.05) is 19.6 Å². The summed E-state index contributed by atoms with van der Waals surface area (Å²) in [5.41, 5.74) is 4.98. The number of nitrogens with one attached hydrogen (secondary N) is 1. The number of halogens is 2. The van der Waals surface area contributed by atoms with E-state index in [1.807, 2.05) is 12.1 Å². The molecule has 2 aromatic rings. The normalized spacial score (nSPS) is 18.1. The van der Waals surface area contributed by atoms with E-state index in [4.69, 9.17) is 23.2 Å². The predicted molar refractivity (Wildman–Crippen MR) is 118 cm³/mol. The lowest BCUT2D eigenvalue weighted by Gasteiger charge is -2.47. The highest BCUT2D eigenvalue weighted by Gasteiger charge is 2.39. The Morgan fingerprint density at radius 1 is 1.07 bits per heavy atom. The van der Waals surface area contributed by atoms with Crippen molar-refractivity contribution in [2.24, 2.45) is 0 Å². The highest BCUT2D eigenvalue weighted by molar-refractivity contribution is 6.42. The molecule has 0 saturated carbocycles. The van der Waals surface area contributed by atoms with Crippen LogP contribution in [0.1, 0.15) is 36.0 Å². The third kappa shape index (κ3) is 4.08. The number of benzene rings is 2. The van der Waals surface area contributed by atoms with Gasteiger partial charge in [-0.2, -0.15) is 0 Å². The standard InChI is InChI=1S/C24H24Cl2N2/c1-18-16-20-7-2-3-8-21(20)24(27-18)11-14-28(15-12-24)13-5-4-6-19-9-10-22(25)23(26)17-19/h2-3,7-10,17,27H,1,5,11-16H2.